The molecule has 0 fully saturated rings. The van der Waals surface area contributed by atoms with Gasteiger partial charge in [-0.15, -0.1) is 0 Å². The predicted molar refractivity (Wildman–Crippen MR) is 87.0 cm³/mol. The van der Waals surface area contributed by atoms with Crippen molar-refractivity contribution in [3.63, 3.8) is 0 Å². The topological polar surface area (TPSA) is 83.6 Å². The lowest BCUT2D eigenvalue weighted by Gasteiger charge is -2.27. The molecule has 1 rings (SSSR count). The van der Waals surface area contributed by atoms with Crippen LogP contribution in [0.3, 0.4) is 0 Å². The Morgan fingerprint density at radius 2 is 1.95 bits per heavy atom. The number of benzene rings is 1. The summed E-state index contributed by atoms with van der Waals surface area (Å²) in [5, 5.41) is 2.69. The van der Waals surface area contributed by atoms with Gasteiger partial charge in [0.25, 0.3) is 0 Å². The van der Waals surface area contributed by atoms with Crippen molar-refractivity contribution in [2.45, 2.75) is 26.8 Å². The van der Waals surface area contributed by atoms with Crippen LogP contribution in [0.2, 0.25) is 0 Å². The first kappa shape index (κ1) is 18.2. The van der Waals surface area contributed by atoms with E-state index in [1.165, 1.54) is 11.8 Å². The molecule has 0 aliphatic rings. The average Bonchev–Trinajstić information content (AvgIpc) is 2.37. The summed E-state index contributed by atoms with van der Waals surface area (Å²) in [5.41, 5.74) is 1.01. The first-order valence-electron chi connectivity index (χ1n) is 7.00. The average molecular weight is 326 g/mol. The molecule has 0 aliphatic carbocycles. The van der Waals surface area contributed by atoms with E-state index >= 15 is 0 Å². The predicted octanol–water partition coefficient (Wildman–Crippen LogP) is 2.18. The number of urea groups is 1. The van der Waals surface area contributed by atoms with E-state index in [9.17, 15) is 18.0 Å². The van der Waals surface area contributed by atoms with Gasteiger partial charge in [-0.05, 0) is 32.9 Å². The lowest BCUT2D eigenvalue weighted by atomic mass is 10.1. The first-order valence-corrected chi connectivity index (χ1v) is 9.06. The van der Waals surface area contributed by atoms with E-state index in [0.717, 1.165) is 6.26 Å². The number of anilines is 1. The van der Waals surface area contributed by atoms with E-state index in [1.54, 1.807) is 38.1 Å². The molecule has 0 heterocycles. The molecule has 1 aromatic rings. The van der Waals surface area contributed by atoms with E-state index in [0.29, 0.717) is 17.8 Å². The summed E-state index contributed by atoms with van der Waals surface area (Å²) >= 11 is 0. The molecule has 0 saturated carbocycles. The zero-order valence-electron chi connectivity index (χ0n) is 13.3. The van der Waals surface area contributed by atoms with Gasteiger partial charge in [0.1, 0.15) is 9.84 Å². The molecular formula is C15H22N2O4S. The third-order valence-electron chi connectivity index (χ3n) is 3.20. The maximum Gasteiger partial charge on any atom is 0.322 e. The van der Waals surface area contributed by atoms with E-state index < -0.39 is 15.9 Å². The number of amides is 2. The third kappa shape index (κ3) is 5.48. The van der Waals surface area contributed by atoms with Gasteiger partial charge in [-0.3, -0.25) is 4.79 Å². The number of carbonyl (C=O) groups excluding carboxylic acids is 2. The minimum absolute atomic E-state index is 0.0890. The summed E-state index contributed by atoms with van der Waals surface area (Å²) < 4.78 is 22.7. The van der Waals surface area contributed by atoms with Gasteiger partial charge < -0.3 is 10.2 Å². The van der Waals surface area contributed by atoms with Gasteiger partial charge in [-0.1, -0.05) is 12.1 Å². The summed E-state index contributed by atoms with van der Waals surface area (Å²) in [6, 6.07) is 5.80. The summed E-state index contributed by atoms with van der Waals surface area (Å²) in [6.45, 7) is 5.31. The summed E-state index contributed by atoms with van der Waals surface area (Å²) in [4.78, 5) is 25.1. The van der Waals surface area contributed by atoms with Crippen molar-refractivity contribution in [3.05, 3.63) is 29.8 Å². The van der Waals surface area contributed by atoms with E-state index in [4.69, 9.17) is 0 Å². The molecule has 0 aliphatic heterocycles. The number of hydrogen-bond acceptors (Lipinski definition) is 4. The number of hydrogen-bond donors (Lipinski definition) is 1. The van der Waals surface area contributed by atoms with Crippen molar-refractivity contribution in [2.24, 2.45) is 0 Å². The Hall–Kier alpha value is -1.89. The normalized spacial score (nSPS) is 12.5. The second kappa shape index (κ2) is 7.40. The summed E-state index contributed by atoms with van der Waals surface area (Å²) in [5.74, 6) is -0.184. The molecule has 0 spiro atoms. The van der Waals surface area contributed by atoms with Crippen LogP contribution in [-0.4, -0.2) is 49.7 Å². The van der Waals surface area contributed by atoms with Crippen molar-refractivity contribution in [2.75, 3.05) is 23.9 Å². The minimum atomic E-state index is -3.17. The van der Waals surface area contributed by atoms with Gasteiger partial charge in [-0.25, -0.2) is 13.2 Å². The van der Waals surface area contributed by atoms with Crippen molar-refractivity contribution < 1.29 is 18.0 Å². The summed E-state index contributed by atoms with van der Waals surface area (Å²) in [6.07, 6.45) is 1.14. The zero-order valence-corrected chi connectivity index (χ0v) is 14.1. The lowest BCUT2D eigenvalue weighted by Crippen LogP contribution is -2.44. The van der Waals surface area contributed by atoms with Crippen LogP contribution in [0.15, 0.2) is 24.3 Å². The van der Waals surface area contributed by atoms with Gasteiger partial charge in [0.15, 0.2) is 5.78 Å². The number of sulfone groups is 1. The largest absolute Gasteiger partial charge is 0.322 e. The second-order valence-corrected chi connectivity index (χ2v) is 7.48. The van der Waals surface area contributed by atoms with Gasteiger partial charge in [0.2, 0.25) is 0 Å². The van der Waals surface area contributed by atoms with Crippen LogP contribution >= 0.6 is 0 Å². The monoisotopic (exact) mass is 326 g/mol. The summed E-state index contributed by atoms with van der Waals surface area (Å²) in [7, 11) is -3.17. The molecule has 1 unspecified atom stereocenters. The molecule has 22 heavy (non-hydrogen) atoms. The number of rotatable bonds is 6. The Labute approximate surface area is 131 Å². The van der Waals surface area contributed by atoms with Crippen molar-refractivity contribution in [1.29, 1.82) is 0 Å². The maximum absolute atomic E-state index is 12.3. The van der Waals surface area contributed by atoms with Gasteiger partial charge in [0.05, 0.1) is 5.75 Å². The van der Waals surface area contributed by atoms with Crippen LogP contribution < -0.4 is 5.32 Å². The minimum Gasteiger partial charge on any atom is -0.321 e. The molecule has 0 aromatic heterocycles. The van der Waals surface area contributed by atoms with Gasteiger partial charge in [0, 0.05) is 30.1 Å². The number of carbonyl (C=O) groups is 2. The Morgan fingerprint density at radius 3 is 2.45 bits per heavy atom. The van der Waals surface area contributed by atoms with E-state index in [2.05, 4.69) is 5.32 Å². The standard InChI is InChI=1S/C15H22N2O4S/c1-5-17(11(2)10-22(4,20)21)15(19)16-14-8-6-7-13(9-14)12(3)18/h6-9,11H,5,10H2,1-4H3,(H,16,19). The first-order chi connectivity index (χ1) is 10.1. The van der Waals surface area contributed by atoms with Crippen LogP contribution in [0.25, 0.3) is 0 Å². The molecular weight excluding hydrogens is 304 g/mol. The molecule has 0 saturated heterocycles. The maximum atomic E-state index is 12.3. The van der Waals surface area contributed by atoms with Crippen LogP contribution in [0.4, 0.5) is 10.5 Å². The number of nitrogens with one attached hydrogen (secondary N) is 1. The quantitative estimate of drug-likeness (QED) is 0.812. The Balaban J connectivity index is 2.85. The van der Waals surface area contributed by atoms with E-state index in [-0.39, 0.29) is 17.6 Å². The fourth-order valence-corrected chi connectivity index (χ4v) is 3.25. The molecule has 1 aromatic carbocycles. The molecule has 6 nitrogen and oxygen atoms in total. The Bertz CT molecular complexity index is 655. The second-order valence-electron chi connectivity index (χ2n) is 5.29. The highest BCUT2D eigenvalue weighted by atomic mass is 32.2. The van der Waals surface area contributed by atoms with Gasteiger partial charge >= 0.3 is 6.03 Å². The number of Topliss-reactive ketones (excluding diaryl/α,β-unsaturated/α-hetero) is 1. The molecule has 0 bridgehead atoms. The van der Waals surface area contributed by atoms with Crippen LogP contribution in [-0.2, 0) is 9.84 Å². The van der Waals surface area contributed by atoms with Crippen LogP contribution in [0.5, 0.6) is 0 Å². The van der Waals surface area contributed by atoms with Crippen LogP contribution in [0, 0.1) is 0 Å². The fraction of sp³-hybridized carbons (Fsp3) is 0.467. The number of ketones is 1. The molecule has 1 N–H and O–H groups in total. The van der Waals surface area contributed by atoms with Crippen molar-refractivity contribution in [3.8, 4) is 0 Å². The van der Waals surface area contributed by atoms with Gasteiger partial charge in [-0.2, -0.15) is 0 Å². The smallest absolute Gasteiger partial charge is 0.321 e. The Kier molecular flexibility index (Phi) is 6.11. The van der Waals surface area contributed by atoms with Crippen molar-refractivity contribution >= 4 is 27.3 Å². The SMILES string of the molecule is CCN(C(=O)Nc1cccc(C(C)=O)c1)C(C)CS(C)(=O)=O. The number of nitrogens with zero attached hydrogens (tertiary/aromatic N) is 1. The molecule has 122 valence electrons. The fourth-order valence-electron chi connectivity index (χ4n) is 2.19. The molecule has 1 atom stereocenters. The van der Waals surface area contributed by atoms with Crippen molar-refractivity contribution in [1.82, 2.24) is 4.90 Å². The lowest BCUT2D eigenvalue weighted by molar-refractivity contribution is 0.101. The molecule has 0 radical (unpaired) electrons. The highest BCUT2D eigenvalue weighted by Crippen LogP contribution is 2.13. The highest BCUT2D eigenvalue weighted by molar-refractivity contribution is 7.90. The molecule has 2 amide bonds. The molecule has 7 heteroatoms. The Morgan fingerprint density at radius 1 is 1.32 bits per heavy atom. The third-order valence-corrected chi connectivity index (χ3v) is 4.29. The van der Waals surface area contributed by atoms with Crippen LogP contribution in [0.1, 0.15) is 31.1 Å². The zero-order chi connectivity index (χ0) is 16.9. The highest BCUT2D eigenvalue weighted by Gasteiger charge is 2.22. The van der Waals surface area contributed by atoms with E-state index in [1.807, 2.05) is 0 Å².